The Morgan fingerprint density at radius 3 is 2.52 bits per heavy atom. The summed E-state index contributed by atoms with van der Waals surface area (Å²) in [6, 6.07) is 15.8. The SMILES string of the molecule is CC(C)OC(=O)N1CCC(Cn2nc(C(=O)Nc3ccc(C4NNC(=O)C5CCCCC54)cc3)c3ccccc32)CC1. The van der Waals surface area contributed by atoms with E-state index in [0.29, 0.717) is 36.9 Å². The van der Waals surface area contributed by atoms with Crippen LogP contribution in [0.2, 0.25) is 0 Å². The molecule has 3 amide bonds. The highest BCUT2D eigenvalue weighted by molar-refractivity contribution is 6.11. The topological polar surface area (TPSA) is 118 Å². The number of amides is 3. The highest BCUT2D eigenvalue weighted by Gasteiger charge is 2.40. The van der Waals surface area contributed by atoms with E-state index in [1.165, 1.54) is 0 Å². The summed E-state index contributed by atoms with van der Waals surface area (Å²) in [6.45, 7) is 5.71. The zero-order valence-electron chi connectivity index (χ0n) is 24.3. The molecule has 3 heterocycles. The maximum absolute atomic E-state index is 13.4. The van der Waals surface area contributed by atoms with Gasteiger partial charge in [-0.2, -0.15) is 5.10 Å². The molecular formula is C32H40N6O4. The molecule has 3 aromatic rings. The standard InChI is InChI=1S/C32H40N6O4/c1-20(2)42-32(41)37-17-15-21(16-18-37)19-38-27-10-6-5-9-26(27)29(36-38)31(40)33-23-13-11-22(12-14-23)28-24-7-3-4-8-25(24)30(39)35-34-28/h5-6,9-14,20-21,24-25,28,34H,3-4,7-8,15-19H2,1-2H3,(H,33,40)(H,35,39). The van der Waals surface area contributed by atoms with Crippen molar-refractivity contribution < 1.29 is 19.1 Å². The van der Waals surface area contributed by atoms with Gasteiger partial charge in [0.15, 0.2) is 5.69 Å². The molecule has 3 unspecified atom stereocenters. The minimum absolute atomic E-state index is 0.0571. The maximum atomic E-state index is 13.4. The van der Waals surface area contributed by atoms with Gasteiger partial charge in [-0.1, -0.05) is 43.2 Å². The Morgan fingerprint density at radius 1 is 1.02 bits per heavy atom. The third kappa shape index (κ3) is 5.86. The van der Waals surface area contributed by atoms with E-state index in [1.54, 1.807) is 4.90 Å². The van der Waals surface area contributed by atoms with Crippen LogP contribution in [0.3, 0.4) is 0 Å². The number of aromatic nitrogens is 2. The lowest BCUT2D eigenvalue weighted by atomic mass is 9.72. The molecule has 0 bridgehead atoms. The Bertz CT molecular complexity index is 1440. The number of nitrogens with zero attached hydrogens (tertiary/aromatic N) is 3. The van der Waals surface area contributed by atoms with Crippen LogP contribution in [0.25, 0.3) is 10.9 Å². The molecule has 3 aliphatic rings. The predicted molar refractivity (Wildman–Crippen MR) is 160 cm³/mol. The fraction of sp³-hybridized carbons (Fsp3) is 0.500. The average Bonchev–Trinajstić information content (AvgIpc) is 3.36. The molecule has 0 spiro atoms. The van der Waals surface area contributed by atoms with Gasteiger partial charge in [-0.25, -0.2) is 10.2 Å². The van der Waals surface area contributed by atoms with Gasteiger partial charge < -0.3 is 15.0 Å². The number of hydrogen-bond donors (Lipinski definition) is 3. The van der Waals surface area contributed by atoms with Crippen molar-refractivity contribution in [1.29, 1.82) is 0 Å². The molecule has 10 nitrogen and oxygen atoms in total. The third-order valence-electron chi connectivity index (χ3n) is 8.98. The largest absolute Gasteiger partial charge is 0.447 e. The average molecular weight is 573 g/mol. The summed E-state index contributed by atoms with van der Waals surface area (Å²) in [7, 11) is 0. The van der Waals surface area contributed by atoms with Crippen molar-refractivity contribution in [2.24, 2.45) is 17.8 Å². The molecule has 2 saturated heterocycles. The van der Waals surface area contributed by atoms with E-state index < -0.39 is 0 Å². The van der Waals surface area contributed by atoms with E-state index in [4.69, 9.17) is 9.84 Å². The molecule has 2 aromatic carbocycles. The van der Waals surface area contributed by atoms with Crippen LogP contribution >= 0.6 is 0 Å². The van der Waals surface area contributed by atoms with Gasteiger partial charge in [0.2, 0.25) is 5.91 Å². The molecule has 2 aliphatic heterocycles. The number of anilines is 1. The Morgan fingerprint density at radius 2 is 1.76 bits per heavy atom. The van der Waals surface area contributed by atoms with Crippen molar-refractivity contribution in [2.75, 3.05) is 18.4 Å². The molecule has 1 aromatic heterocycles. The zero-order chi connectivity index (χ0) is 29.2. The molecule has 3 N–H and O–H groups in total. The summed E-state index contributed by atoms with van der Waals surface area (Å²) in [5.41, 5.74) is 9.20. The van der Waals surface area contributed by atoms with Gasteiger partial charge in [0.05, 0.1) is 17.7 Å². The molecular weight excluding hydrogens is 532 g/mol. The number of hydrazine groups is 1. The monoisotopic (exact) mass is 572 g/mol. The number of para-hydroxylation sites is 1. The fourth-order valence-corrected chi connectivity index (χ4v) is 6.78. The van der Waals surface area contributed by atoms with E-state index in [-0.39, 0.29) is 41.9 Å². The lowest BCUT2D eigenvalue weighted by molar-refractivity contribution is -0.133. The van der Waals surface area contributed by atoms with Crippen LogP contribution < -0.4 is 16.2 Å². The van der Waals surface area contributed by atoms with Crippen molar-refractivity contribution in [3.63, 3.8) is 0 Å². The van der Waals surface area contributed by atoms with Crippen LogP contribution in [0, 0.1) is 17.8 Å². The number of carbonyl (C=O) groups excluding carboxylic acids is 3. The quantitative estimate of drug-likeness (QED) is 0.382. The fourth-order valence-electron chi connectivity index (χ4n) is 6.78. The predicted octanol–water partition coefficient (Wildman–Crippen LogP) is 5.03. The molecule has 1 aliphatic carbocycles. The molecule has 3 atom stereocenters. The zero-order valence-corrected chi connectivity index (χ0v) is 24.3. The second-order valence-electron chi connectivity index (χ2n) is 12.2. The van der Waals surface area contributed by atoms with Crippen LogP contribution in [-0.4, -0.2) is 51.8 Å². The van der Waals surface area contributed by atoms with Gasteiger partial charge in [-0.15, -0.1) is 0 Å². The number of benzene rings is 2. The number of ether oxygens (including phenoxy) is 1. The minimum Gasteiger partial charge on any atom is -0.447 e. The first-order valence-corrected chi connectivity index (χ1v) is 15.2. The van der Waals surface area contributed by atoms with E-state index in [0.717, 1.165) is 55.0 Å². The Hall–Kier alpha value is -3.92. The third-order valence-corrected chi connectivity index (χ3v) is 8.98. The Balaban J connectivity index is 1.12. The van der Waals surface area contributed by atoms with E-state index in [2.05, 4.69) is 16.2 Å². The van der Waals surface area contributed by atoms with Gasteiger partial charge in [0, 0.05) is 36.6 Å². The molecule has 42 heavy (non-hydrogen) atoms. The second-order valence-corrected chi connectivity index (χ2v) is 12.2. The lowest BCUT2D eigenvalue weighted by Crippen LogP contribution is -2.55. The van der Waals surface area contributed by atoms with Gasteiger partial charge in [-0.05, 0) is 75.1 Å². The molecule has 222 valence electrons. The lowest BCUT2D eigenvalue weighted by Gasteiger charge is -2.41. The molecule has 6 rings (SSSR count). The summed E-state index contributed by atoms with van der Waals surface area (Å²) < 4.78 is 7.28. The van der Waals surface area contributed by atoms with Gasteiger partial charge in [-0.3, -0.25) is 19.7 Å². The highest BCUT2D eigenvalue weighted by atomic mass is 16.6. The Kier molecular flexibility index (Phi) is 8.15. The molecule has 1 saturated carbocycles. The number of piperidine rings is 1. The van der Waals surface area contributed by atoms with Crippen molar-refractivity contribution in [3.05, 3.63) is 59.8 Å². The number of likely N-dealkylation sites (tertiary alicyclic amines) is 1. The summed E-state index contributed by atoms with van der Waals surface area (Å²) in [6.07, 6.45) is 5.56. The summed E-state index contributed by atoms with van der Waals surface area (Å²) >= 11 is 0. The minimum atomic E-state index is -0.251. The van der Waals surface area contributed by atoms with Gasteiger partial charge in [0.25, 0.3) is 5.91 Å². The number of carbonyl (C=O) groups is 3. The van der Waals surface area contributed by atoms with Crippen LogP contribution in [0.5, 0.6) is 0 Å². The molecule has 0 radical (unpaired) electrons. The molecule has 3 fully saturated rings. The first-order valence-electron chi connectivity index (χ1n) is 15.2. The Labute approximate surface area is 246 Å². The van der Waals surface area contributed by atoms with Gasteiger partial charge in [0.1, 0.15) is 0 Å². The van der Waals surface area contributed by atoms with E-state index in [1.807, 2.05) is 67.1 Å². The van der Waals surface area contributed by atoms with Crippen LogP contribution in [0.4, 0.5) is 10.5 Å². The number of nitrogens with one attached hydrogen (secondary N) is 3. The number of fused-ring (bicyclic) bond motifs is 2. The first-order chi connectivity index (χ1) is 20.4. The molecule has 10 heteroatoms. The number of hydrogen-bond acceptors (Lipinski definition) is 6. The van der Waals surface area contributed by atoms with Crippen molar-refractivity contribution in [1.82, 2.24) is 25.5 Å². The van der Waals surface area contributed by atoms with Crippen molar-refractivity contribution in [2.45, 2.75) is 71.1 Å². The normalized spacial score (nSPS) is 23.0. The van der Waals surface area contributed by atoms with Gasteiger partial charge >= 0.3 is 6.09 Å². The van der Waals surface area contributed by atoms with E-state index >= 15 is 0 Å². The van der Waals surface area contributed by atoms with E-state index in [9.17, 15) is 14.4 Å². The summed E-state index contributed by atoms with van der Waals surface area (Å²) in [5.74, 6) is 0.538. The van der Waals surface area contributed by atoms with Crippen LogP contribution in [0.15, 0.2) is 48.5 Å². The second kappa shape index (κ2) is 12.1. The summed E-state index contributed by atoms with van der Waals surface area (Å²) in [5, 5.41) is 8.61. The van der Waals surface area contributed by atoms with Crippen LogP contribution in [-0.2, 0) is 16.1 Å². The van der Waals surface area contributed by atoms with Crippen LogP contribution in [0.1, 0.15) is 74.5 Å². The number of rotatable bonds is 6. The first kappa shape index (κ1) is 28.2. The highest BCUT2D eigenvalue weighted by Crippen LogP contribution is 2.40. The van der Waals surface area contributed by atoms with Crippen molar-refractivity contribution in [3.8, 4) is 0 Å². The summed E-state index contributed by atoms with van der Waals surface area (Å²) in [4.78, 5) is 39.8. The maximum Gasteiger partial charge on any atom is 0.410 e. The smallest absolute Gasteiger partial charge is 0.410 e. The van der Waals surface area contributed by atoms with Crippen molar-refractivity contribution >= 4 is 34.5 Å².